The van der Waals surface area contributed by atoms with Gasteiger partial charge in [-0.25, -0.2) is 4.79 Å². The normalized spacial score (nSPS) is 16.6. The number of anilines is 1. The molecule has 1 aliphatic rings. The van der Waals surface area contributed by atoms with Crippen LogP contribution in [-0.2, 0) is 4.74 Å². The average Bonchev–Trinajstić information content (AvgIpc) is 2.47. The number of nitrogens with one attached hydrogen (secondary N) is 2. The van der Waals surface area contributed by atoms with Gasteiger partial charge in [-0.15, -0.1) is 12.4 Å². The van der Waals surface area contributed by atoms with Crippen molar-refractivity contribution in [3.05, 3.63) is 30.3 Å². The average molecular weight is 313 g/mol. The van der Waals surface area contributed by atoms with Gasteiger partial charge in [-0.3, -0.25) is 5.32 Å². The first-order chi connectivity index (χ1) is 9.74. The molecule has 2 N–H and O–H groups in total. The number of hydrogen-bond donors (Lipinski definition) is 2. The summed E-state index contributed by atoms with van der Waals surface area (Å²) < 4.78 is 5.24. The second-order valence-electron chi connectivity index (χ2n) is 5.49. The van der Waals surface area contributed by atoms with Crippen LogP contribution >= 0.6 is 12.4 Å². The first kappa shape index (κ1) is 17.8. The molecule has 1 saturated carbocycles. The summed E-state index contributed by atoms with van der Waals surface area (Å²) in [4.78, 5) is 11.6. The topological polar surface area (TPSA) is 50.4 Å². The quantitative estimate of drug-likeness (QED) is 0.865. The molecule has 1 aromatic carbocycles. The summed E-state index contributed by atoms with van der Waals surface area (Å²) in [5.41, 5.74) is 0.755. The van der Waals surface area contributed by atoms with Crippen molar-refractivity contribution in [2.75, 3.05) is 11.9 Å². The van der Waals surface area contributed by atoms with Crippen molar-refractivity contribution in [3.8, 4) is 0 Å². The second kappa shape index (κ2) is 9.64. The van der Waals surface area contributed by atoms with Crippen molar-refractivity contribution >= 4 is 24.2 Å². The van der Waals surface area contributed by atoms with Crippen molar-refractivity contribution < 1.29 is 9.53 Å². The standard InChI is InChI=1S/C16H24N2O2.ClH/c1-13(17-14-8-4-2-5-9-14)12-20-16(19)18-15-10-6-3-7-11-15;/h3,6-7,10-11,13-14,17H,2,4-5,8-9,12H2,1H3,(H,18,19);1H. The molecule has 21 heavy (non-hydrogen) atoms. The smallest absolute Gasteiger partial charge is 0.411 e. The van der Waals surface area contributed by atoms with E-state index in [1.54, 1.807) is 0 Å². The molecule has 118 valence electrons. The van der Waals surface area contributed by atoms with Gasteiger partial charge in [0.05, 0.1) is 0 Å². The lowest BCUT2D eigenvalue weighted by atomic mass is 9.95. The van der Waals surface area contributed by atoms with Crippen LogP contribution < -0.4 is 10.6 Å². The molecular weight excluding hydrogens is 288 g/mol. The molecule has 0 heterocycles. The summed E-state index contributed by atoms with van der Waals surface area (Å²) in [6.07, 6.45) is 6.04. The van der Waals surface area contributed by atoms with E-state index < -0.39 is 6.09 Å². The molecular formula is C16H25ClN2O2. The Morgan fingerprint density at radius 3 is 2.57 bits per heavy atom. The fourth-order valence-electron chi connectivity index (χ4n) is 2.60. The van der Waals surface area contributed by atoms with Crippen LogP contribution in [0.2, 0.25) is 0 Å². The SMILES string of the molecule is CC(COC(=O)Nc1ccccc1)NC1CCCCC1.Cl. The summed E-state index contributed by atoms with van der Waals surface area (Å²) >= 11 is 0. The molecule has 5 heteroatoms. The van der Waals surface area contributed by atoms with Gasteiger partial charge in [0, 0.05) is 17.8 Å². The Bertz CT molecular complexity index is 408. The highest BCUT2D eigenvalue weighted by Crippen LogP contribution is 2.17. The zero-order valence-electron chi connectivity index (χ0n) is 12.5. The van der Waals surface area contributed by atoms with Crippen molar-refractivity contribution in [1.29, 1.82) is 0 Å². The summed E-state index contributed by atoms with van der Waals surface area (Å²) in [5.74, 6) is 0. The molecule has 0 spiro atoms. The fourth-order valence-corrected chi connectivity index (χ4v) is 2.60. The van der Waals surface area contributed by atoms with Gasteiger partial charge in [-0.2, -0.15) is 0 Å². The maximum Gasteiger partial charge on any atom is 0.411 e. The Morgan fingerprint density at radius 1 is 1.24 bits per heavy atom. The van der Waals surface area contributed by atoms with E-state index in [-0.39, 0.29) is 18.4 Å². The maximum atomic E-state index is 11.6. The zero-order chi connectivity index (χ0) is 14.2. The van der Waals surface area contributed by atoms with Crippen molar-refractivity contribution in [2.45, 2.75) is 51.1 Å². The van der Waals surface area contributed by atoms with Crippen LogP contribution in [-0.4, -0.2) is 24.8 Å². The van der Waals surface area contributed by atoms with E-state index in [1.165, 1.54) is 32.1 Å². The minimum atomic E-state index is -0.395. The van der Waals surface area contributed by atoms with Crippen LogP contribution in [0.15, 0.2) is 30.3 Å². The lowest BCUT2D eigenvalue weighted by Gasteiger charge is -2.26. The molecule has 1 atom stereocenters. The number of hydrogen-bond acceptors (Lipinski definition) is 3. The molecule has 1 fully saturated rings. The van der Waals surface area contributed by atoms with E-state index in [2.05, 4.69) is 17.6 Å². The van der Waals surface area contributed by atoms with E-state index in [0.717, 1.165) is 5.69 Å². The number of para-hydroxylation sites is 1. The van der Waals surface area contributed by atoms with Crippen molar-refractivity contribution in [3.63, 3.8) is 0 Å². The Kier molecular flexibility index (Phi) is 8.16. The molecule has 1 aliphatic carbocycles. The molecule has 0 saturated heterocycles. The second-order valence-corrected chi connectivity index (χ2v) is 5.49. The molecule has 0 aliphatic heterocycles. The number of carbonyl (C=O) groups excluding carboxylic acids is 1. The largest absolute Gasteiger partial charge is 0.448 e. The van der Waals surface area contributed by atoms with Gasteiger partial charge in [0.2, 0.25) is 0 Å². The van der Waals surface area contributed by atoms with Gasteiger partial charge >= 0.3 is 6.09 Å². The minimum absolute atomic E-state index is 0. The van der Waals surface area contributed by atoms with Crippen LogP contribution in [0.1, 0.15) is 39.0 Å². The van der Waals surface area contributed by atoms with Gasteiger partial charge < -0.3 is 10.1 Å². The Balaban J connectivity index is 0.00000220. The Morgan fingerprint density at radius 2 is 1.90 bits per heavy atom. The van der Waals surface area contributed by atoms with Crippen LogP contribution in [0.3, 0.4) is 0 Å². The molecule has 1 aromatic rings. The lowest BCUT2D eigenvalue weighted by Crippen LogP contribution is -2.40. The molecule has 4 nitrogen and oxygen atoms in total. The third-order valence-electron chi connectivity index (χ3n) is 3.61. The van der Waals surface area contributed by atoms with Gasteiger partial charge in [-0.1, -0.05) is 37.5 Å². The van der Waals surface area contributed by atoms with E-state index >= 15 is 0 Å². The van der Waals surface area contributed by atoms with Gasteiger partial charge in [0.1, 0.15) is 6.61 Å². The summed E-state index contributed by atoms with van der Waals surface area (Å²) in [5, 5.41) is 6.25. The summed E-state index contributed by atoms with van der Waals surface area (Å²) in [6, 6.07) is 10.1. The summed E-state index contributed by atoms with van der Waals surface area (Å²) in [6.45, 7) is 2.46. The Hall–Kier alpha value is -1.26. The van der Waals surface area contributed by atoms with Crippen LogP contribution in [0.25, 0.3) is 0 Å². The monoisotopic (exact) mass is 312 g/mol. The summed E-state index contributed by atoms with van der Waals surface area (Å²) in [7, 11) is 0. The third kappa shape index (κ3) is 6.82. The predicted molar refractivity (Wildman–Crippen MR) is 88.1 cm³/mol. The predicted octanol–water partition coefficient (Wildman–Crippen LogP) is 3.97. The van der Waals surface area contributed by atoms with Gasteiger partial charge in [0.25, 0.3) is 0 Å². The van der Waals surface area contributed by atoms with Crippen LogP contribution in [0, 0.1) is 0 Å². The van der Waals surface area contributed by atoms with E-state index in [1.807, 2.05) is 30.3 Å². The number of amides is 1. The van der Waals surface area contributed by atoms with Crippen LogP contribution in [0.5, 0.6) is 0 Å². The van der Waals surface area contributed by atoms with Crippen LogP contribution in [0.4, 0.5) is 10.5 Å². The van der Waals surface area contributed by atoms with Gasteiger partial charge in [-0.05, 0) is 31.9 Å². The minimum Gasteiger partial charge on any atom is -0.448 e. The van der Waals surface area contributed by atoms with Crippen molar-refractivity contribution in [1.82, 2.24) is 5.32 Å². The van der Waals surface area contributed by atoms with Crippen molar-refractivity contribution in [2.24, 2.45) is 0 Å². The molecule has 0 radical (unpaired) electrons. The third-order valence-corrected chi connectivity index (χ3v) is 3.61. The highest BCUT2D eigenvalue weighted by atomic mass is 35.5. The van der Waals surface area contributed by atoms with E-state index in [0.29, 0.717) is 12.6 Å². The molecule has 1 unspecified atom stereocenters. The number of ether oxygens (including phenoxy) is 1. The highest BCUT2D eigenvalue weighted by Gasteiger charge is 2.16. The number of carbonyl (C=O) groups is 1. The first-order valence-electron chi connectivity index (χ1n) is 7.49. The first-order valence-corrected chi connectivity index (χ1v) is 7.49. The number of rotatable bonds is 5. The maximum absolute atomic E-state index is 11.6. The molecule has 0 aromatic heterocycles. The highest BCUT2D eigenvalue weighted by molar-refractivity contribution is 5.85. The number of benzene rings is 1. The zero-order valence-corrected chi connectivity index (χ0v) is 13.3. The Labute approximate surface area is 133 Å². The fraction of sp³-hybridized carbons (Fsp3) is 0.562. The van der Waals surface area contributed by atoms with E-state index in [4.69, 9.17) is 4.74 Å². The number of halogens is 1. The molecule has 0 bridgehead atoms. The van der Waals surface area contributed by atoms with E-state index in [9.17, 15) is 4.79 Å². The lowest BCUT2D eigenvalue weighted by molar-refractivity contribution is 0.146. The molecule has 1 amide bonds. The van der Waals surface area contributed by atoms with Gasteiger partial charge in [0.15, 0.2) is 0 Å². The molecule has 2 rings (SSSR count).